The van der Waals surface area contributed by atoms with Crippen molar-refractivity contribution >= 4 is 5.69 Å². The number of benzene rings is 1. The second kappa shape index (κ2) is 5.00. The lowest BCUT2D eigenvalue weighted by atomic mass is 10.2. The molecule has 0 radical (unpaired) electrons. The van der Waals surface area contributed by atoms with Gasteiger partial charge in [0.1, 0.15) is 6.33 Å². The van der Waals surface area contributed by atoms with Crippen molar-refractivity contribution in [3.63, 3.8) is 0 Å². The molecule has 0 aliphatic carbocycles. The Bertz CT molecular complexity index is 572. The van der Waals surface area contributed by atoms with Crippen LogP contribution in [0.2, 0.25) is 0 Å². The van der Waals surface area contributed by atoms with Crippen molar-refractivity contribution in [3.8, 4) is 11.6 Å². The van der Waals surface area contributed by atoms with E-state index < -0.39 is 5.82 Å². The van der Waals surface area contributed by atoms with E-state index in [0.29, 0.717) is 23.6 Å². The van der Waals surface area contributed by atoms with E-state index in [0.717, 1.165) is 5.56 Å². The van der Waals surface area contributed by atoms with E-state index in [-0.39, 0.29) is 5.88 Å². The molecule has 0 atom stereocenters. The van der Waals surface area contributed by atoms with Crippen LogP contribution >= 0.6 is 0 Å². The van der Waals surface area contributed by atoms with E-state index in [9.17, 15) is 4.39 Å². The predicted molar refractivity (Wildman–Crippen MR) is 67.0 cm³/mol. The van der Waals surface area contributed by atoms with Gasteiger partial charge in [-0.1, -0.05) is 13.0 Å². The van der Waals surface area contributed by atoms with Gasteiger partial charge >= 0.3 is 0 Å². The Labute approximate surface area is 105 Å². The Morgan fingerprint density at radius 2 is 2.11 bits per heavy atom. The largest absolute Gasteiger partial charge is 0.434 e. The Morgan fingerprint density at radius 3 is 2.78 bits per heavy atom. The molecule has 94 valence electrons. The first-order valence-corrected chi connectivity index (χ1v) is 5.65. The topological polar surface area (TPSA) is 61.0 Å². The van der Waals surface area contributed by atoms with Gasteiger partial charge in [0.25, 0.3) is 5.88 Å². The second-order valence-electron chi connectivity index (χ2n) is 3.94. The zero-order valence-corrected chi connectivity index (χ0v) is 10.3. The van der Waals surface area contributed by atoms with E-state index in [1.165, 1.54) is 6.33 Å². The summed E-state index contributed by atoms with van der Waals surface area (Å²) in [6.07, 6.45) is 1.76. The van der Waals surface area contributed by atoms with Gasteiger partial charge in [0, 0.05) is 0 Å². The molecular formula is C13H14FN3O. The molecule has 0 saturated heterocycles. The van der Waals surface area contributed by atoms with Crippen LogP contribution in [0.3, 0.4) is 0 Å². The lowest BCUT2D eigenvalue weighted by molar-refractivity contribution is 0.416. The normalized spacial score (nSPS) is 10.4. The van der Waals surface area contributed by atoms with Crippen LogP contribution in [-0.2, 0) is 6.42 Å². The minimum absolute atomic E-state index is 0.0996. The number of hydrogen-bond donors (Lipinski definition) is 1. The van der Waals surface area contributed by atoms with Crippen LogP contribution in [0.4, 0.5) is 10.1 Å². The summed E-state index contributed by atoms with van der Waals surface area (Å²) in [5, 5.41) is 0. The zero-order chi connectivity index (χ0) is 13.1. The Balaban J connectivity index is 2.34. The van der Waals surface area contributed by atoms with Crippen molar-refractivity contribution in [1.82, 2.24) is 9.97 Å². The maximum absolute atomic E-state index is 13.9. The minimum Gasteiger partial charge on any atom is -0.434 e. The molecule has 0 amide bonds. The van der Waals surface area contributed by atoms with E-state index in [1.54, 1.807) is 12.1 Å². The van der Waals surface area contributed by atoms with Crippen LogP contribution < -0.4 is 10.5 Å². The van der Waals surface area contributed by atoms with Crippen molar-refractivity contribution < 1.29 is 9.13 Å². The number of nitrogens with zero attached hydrogens (tertiary/aromatic N) is 2. The Hall–Kier alpha value is -2.17. The molecule has 18 heavy (non-hydrogen) atoms. The van der Waals surface area contributed by atoms with Gasteiger partial charge < -0.3 is 10.5 Å². The van der Waals surface area contributed by atoms with Gasteiger partial charge in [-0.15, -0.1) is 0 Å². The lowest BCUT2D eigenvalue weighted by Crippen LogP contribution is -2.01. The standard InChI is InChI=1S/C13H14FN3O/c1-3-10-12(14)13(17-7-16-10)18-11-5-4-8(2)6-9(11)15/h4-7H,3,15H2,1-2H3. The van der Waals surface area contributed by atoms with Gasteiger partial charge in [-0.05, 0) is 31.0 Å². The van der Waals surface area contributed by atoms with Gasteiger partial charge in [-0.2, -0.15) is 9.37 Å². The van der Waals surface area contributed by atoms with Crippen molar-refractivity contribution in [2.75, 3.05) is 5.73 Å². The third-order valence-electron chi connectivity index (χ3n) is 2.54. The van der Waals surface area contributed by atoms with E-state index >= 15 is 0 Å². The molecule has 0 spiro atoms. The van der Waals surface area contributed by atoms with Crippen LogP contribution in [0, 0.1) is 12.7 Å². The highest BCUT2D eigenvalue weighted by atomic mass is 19.1. The number of ether oxygens (including phenoxy) is 1. The minimum atomic E-state index is -0.542. The molecule has 0 bridgehead atoms. The van der Waals surface area contributed by atoms with Crippen LogP contribution in [0.15, 0.2) is 24.5 Å². The molecule has 0 aliphatic heterocycles. The first-order valence-electron chi connectivity index (χ1n) is 5.65. The van der Waals surface area contributed by atoms with Gasteiger partial charge in [0.15, 0.2) is 5.75 Å². The highest BCUT2D eigenvalue weighted by molar-refractivity contribution is 5.55. The molecule has 5 heteroatoms. The molecule has 2 N–H and O–H groups in total. The average Bonchev–Trinajstić information content (AvgIpc) is 2.35. The average molecular weight is 247 g/mol. The Kier molecular flexibility index (Phi) is 3.41. The van der Waals surface area contributed by atoms with Crippen LogP contribution in [-0.4, -0.2) is 9.97 Å². The molecule has 1 aromatic carbocycles. The summed E-state index contributed by atoms with van der Waals surface area (Å²) in [6, 6.07) is 5.29. The molecule has 0 saturated carbocycles. The Morgan fingerprint density at radius 1 is 1.33 bits per heavy atom. The smallest absolute Gasteiger partial charge is 0.259 e. The first-order chi connectivity index (χ1) is 8.61. The first kappa shape index (κ1) is 12.3. The van der Waals surface area contributed by atoms with Gasteiger partial charge in [-0.3, -0.25) is 0 Å². The van der Waals surface area contributed by atoms with E-state index in [2.05, 4.69) is 9.97 Å². The van der Waals surface area contributed by atoms with E-state index in [4.69, 9.17) is 10.5 Å². The molecule has 1 heterocycles. The van der Waals surface area contributed by atoms with Crippen molar-refractivity contribution in [2.45, 2.75) is 20.3 Å². The molecule has 4 nitrogen and oxygen atoms in total. The molecule has 1 aromatic heterocycles. The fourth-order valence-corrected chi connectivity index (χ4v) is 1.57. The third-order valence-corrected chi connectivity index (χ3v) is 2.54. The molecule has 0 aliphatic rings. The number of hydrogen-bond acceptors (Lipinski definition) is 4. The van der Waals surface area contributed by atoms with E-state index in [1.807, 2.05) is 19.9 Å². The number of anilines is 1. The monoisotopic (exact) mass is 247 g/mol. The van der Waals surface area contributed by atoms with Crippen LogP contribution in [0.5, 0.6) is 11.6 Å². The molecular weight excluding hydrogens is 233 g/mol. The quantitative estimate of drug-likeness (QED) is 0.847. The highest BCUT2D eigenvalue weighted by Crippen LogP contribution is 2.28. The number of nitrogens with two attached hydrogens (primary N) is 1. The maximum atomic E-state index is 13.9. The highest BCUT2D eigenvalue weighted by Gasteiger charge is 2.13. The predicted octanol–water partition coefficient (Wildman–Crippen LogP) is 2.86. The van der Waals surface area contributed by atoms with Crippen molar-refractivity contribution in [2.24, 2.45) is 0 Å². The number of rotatable bonds is 3. The fraction of sp³-hybridized carbons (Fsp3) is 0.231. The maximum Gasteiger partial charge on any atom is 0.259 e. The molecule has 2 rings (SSSR count). The number of aryl methyl sites for hydroxylation is 2. The summed E-state index contributed by atoms with van der Waals surface area (Å²) >= 11 is 0. The summed E-state index contributed by atoms with van der Waals surface area (Å²) in [5.74, 6) is -0.252. The molecule has 0 unspecified atom stereocenters. The summed E-state index contributed by atoms with van der Waals surface area (Å²) in [4.78, 5) is 7.62. The van der Waals surface area contributed by atoms with Crippen molar-refractivity contribution in [1.29, 1.82) is 0 Å². The third kappa shape index (κ3) is 2.40. The lowest BCUT2D eigenvalue weighted by Gasteiger charge is -2.09. The SMILES string of the molecule is CCc1ncnc(Oc2ccc(C)cc2N)c1F. The molecule has 0 fully saturated rings. The van der Waals surface area contributed by atoms with Gasteiger partial charge in [0.2, 0.25) is 5.82 Å². The number of nitrogen functional groups attached to an aromatic ring is 1. The summed E-state index contributed by atoms with van der Waals surface area (Å²) in [7, 11) is 0. The van der Waals surface area contributed by atoms with Crippen molar-refractivity contribution in [3.05, 3.63) is 41.6 Å². The van der Waals surface area contributed by atoms with Crippen LogP contribution in [0.25, 0.3) is 0 Å². The number of aromatic nitrogens is 2. The summed E-state index contributed by atoms with van der Waals surface area (Å²) < 4.78 is 19.3. The summed E-state index contributed by atoms with van der Waals surface area (Å²) in [5.41, 5.74) is 7.59. The summed E-state index contributed by atoms with van der Waals surface area (Å²) in [6.45, 7) is 3.73. The van der Waals surface area contributed by atoms with Gasteiger partial charge in [-0.25, -0.2) is 4.98 Å². The molecule has 2 aromatic rings. The zero-order valence-electron chi connectivity index (χ0n) is 10.3. The van der Waals surface area contributed by atoms with Gasteiger partial charge in [0.05, 0.1) is 11.4 Å². The fourth-order valence-electron chi connectivity index (χ4n) is 1.57. The second-order valence-corrected chi connectivity index (χ2v) is 3.94. The van der Waals surface area contributed by atoms with Crippen LogP contribution in [0.1, 0.15) is 18.2 Å². The number of halogens is 1.